The van der Waals surface area contributed by atoms with Crippen molar-refractivity contribution in [2.75, 3.05) is 13.2 Å². The summed E-state index contributed by atoms with van der Waals surface area (Å²) in [6, 6.07) is 1.26. The Bertz CT molecular complexity index is 1010. The Labute approximate surface area is 157 Å². The maximum atomic E-state index is 12.9. The Morgan fingerprint density at radius 1 is 1.29 bits per heavy atom. The van der Waals surface area contributed by atoms with Gasteiger partial charge < -0.3 is 14.9 Å². The fourth-order valence-electron chi connectivity index (χ4n) is 3.34. The lowest BCUT2D eigenvalue weighted by molar-refractivity contribution is -0.137. The van der Waals surface area contributed by atoms with E-state index in [0.29, 0.717) is 31.2 Å². The molecule has 2 atom stereocenters. The van der Waals surface area contributed by atoms with Gasteiger partial charge in [0.1, 0.15) is 17.3 Å². The molecule has 1 fully saturated rings. The first-order chi connectivity index (χ1) is 13.2. The van der Waals surface area contributed by atoms with Gasteiger partial charge in [0.05, 0.1) is 36.4 Å². The number of fused-ring (bicyclic) bond motifs is 1. The van der Waals surface area contributed by atoms with E-state index in [2.05, 4.69) is 15.1 Å². The van der Waals surface area contributed by atoms with Crippen molar-refractivity contribution in [1.29, 1.82) is 0 Å². The smallest absolute Gasteiger partial charge is 0.416 e. The van der Waals surface area contributed by atoms with Gasteiger partial charge in [0.2, 0.25) is 0 Å². The summed E-state index contributed by atoms with van der Waals surface area (Å²) < 4.78 is 45.7. The summed E-state index contributed by atoms with van der Waals surface area (Å²) >= 11 is 0. The molecule has 1 aromatic carbocycles. The number of rotatable bonds is 2. The van der Waals surface area contributed by atoms with E-state index in [1.165, 1.54) is 17.8 Å². The summed E-state index contributed by atoms with van der Waals surface area (Å²) in [5.41, 5.74) is 0.381. The van der Waals surface area contributed by atoms with Crippen LogP contribution in [0.25, 0.3) is 22.4 Å². The van der Waals surface area contributed by atoms with Gasteiger partial charge in [-0.25, -0.2) is 9.97 Å². The second kappa shape index (κ2) is 6.71. The zero-order valence-electron chi connectivity index (χ0n) is 14.8. The Hall–Kier alpha value is -2.72. The highest BCUT2D eigenvalue weighted by Gasteiger charge is 2.32. The standard InChI is InChI=1S/C18H17F3N4O3/c1-9-4-10(18(19,20)21)5-15(27)16(9)11-6-22-12-7-25(24-17(12)23-11)13-8-28-3-2-14(13)26/h4-7,13-14,26-27H,2-3,8H2,1H3. The van der Waals surface area contributed by atoms with E-state index in [0.717, 1.165) is 6.07 Å². The Balaban J connectivity index is 1.74. The van der Waals surface area contributed by atoms with Gasteiger partial charge in [0, 0.05) is 12.2 Å². The Kier molecular flexibility index (Phi) is 4.47. The number of hydrogen-bond donors (Lipinski definition) is 2. The minimum atomic E-state index is -4.56. The van der Waals surface area contributed by atoms with Crippen LogP contribution in [0.2, 0.25) is 0 Å². The number of ether oxygens (including phenoxy) is 1. The number of aryl methyl sites for hydroxylation is 1. The van der Waals surface area contributed by atoms with Crippen molar-refractivity contribution in [2.24, 2.45) is 0 Å². The number of aliphatic hydroxyl groups excluding tert-OH is 1. The average Bonchev–Trinajstić information content (AvgIpc) is 3.04. The molecular weight excluding hydrogens is 377 g/mol. The molecule has 3 aromatic rings. The highest BCUT2D eigenvalue weighted by molar-refractivity contribution is 5.77. The lowest BCUT2D eigenvalue weighted by Gasteiger charge is -2.27. The summed E-state index contributed by atoms with van der Waals surface area (Å²) in [5.74, 6) is -0.531. The molecule has 4 rings (SSSR count). The predicted molar refractivity (Wildman–Crippen MR) is 92.6 cm³/mol. The monoisotopic (exact) mass is 394 g/mol. The molecule has 0 spiro atoms. The highest BCUT2D eigenvalue weighted by Crippen LogP contribution is 2.38. The molecule has 1 aliphatic rings. The third-order valence-electron chi connectivity index (χ3n) is 4.77. The second-order valence-corrected chi connectivity index (χ2v) is 6.76. The minimum Gasteiger partial charge on any atom is -0.507 e. The lowest BCUT2D eigenvalue weighted by atomic mass is 10.0. The van der Waals surface area contributed by atoms with Crippen LogP contribution in [-0.4, -0.2) is 49.3 Å². The van der Waals surface area contributed by atoms with Gasteiger partial charge in [0.25, 0.3) is 0 Å². The molecule has 0 saturated carbocycles. The zero-order chi connectivity index (χ0) is 20.1. The van der Waals surface area contributed by atoms with Crippen molar-refractivity contribution < 1.29 is 28.1 Å². The molecule has 3 heterocycles. The van der Waals surface area contributed by atoms with E-state index >= 15 is 0 Å². The second-order valence-electron chi connectivity index (χ2n) is 6.76. The normalized spacial score (nSPS) is 20.6. The number of aliphatic hydroxyl groups is 1. The third kappa shape index (κ3) is 3.29. The van der Waals surface area contributed by atoms with Crippen molar-refractivity contribution in [1.82, 2.24) is 19.7 Å². The molecule has 2 aromatic heterocycles. The van der Waals surface area contributed by atoms with Crippen molar-refractivity contribution in [3.05, 3.63) is 35.7 Å². The molecule has 0 amide bonds. The number of nitrogens with zero attached hydrogens (tertiary/aromatic N) is 4. The summed E-state index contributed by atoms with van der Waals surface area (Å²) in [5, 5.41) is 24.6. The number of aromatic nitrogens is 4. The third-order valence-corrected chi connectivity index (χ3v) is 4.77. The van der Waals surface area contributed by atoms with Crippen LogP contribution in [-0.2, 0) is 10.9 Å². The number of halogens is 3. The van der Waals surface area contributed by atoms with Crippen LogP contribution in [0.15, 0.2) is 24.5 Å². The van der Waals surface area contributed by atoms with E-state index in [1.54, 1.807) is 6.20 Å². The number of phenols is 1. The van der Waals surface area contributed by atoms with Gasteiger partial charge >= 0.3 is 6.18 Å². The van der Waals surface area contributed by atoms with E-state index in [-0.39, 0.29) is 28.5 Å². The number of benzene rings is 1. The average molecular weight is 394 g/mol. The maximum absolute atomic E-state index is 12.9. The first-order valence-corrected chi connectivity index (χ1v) is 8.63. The molecule has 148 valence electrons. The van der Waals surface area contributed by atoms with Crippen molar-refractivity contribution in [2.45, 2.75) is 31.7 Å². The quantitative estimate of drug-likeness (QED) is 0.694. The van der Waals surface area contributed by atoms with Crippen LogP contribution in [0.1, 0.15) is 23.6 Å². The SMILES string of the molecule is Cc1cc(C(F)(F)F)cc(O)c1-c1cnc2cn(C3COCCC3O)nc2n1. The summed E-state index contributed by atoms with van der Waals surface area (Å²) in [7, 11) is 0. The van der Waals surface area contributed by atoms with Gasteiger partial charge in [-0.05, 0) is 31.0 Å². The molecule has 2 unspecified atom stereocenters. The van der Waals surface area contributed by atoms with Gasteiger partial charge in [-0.2, -0.15) is 18.3 Å². The summed E-state index contributed by atoms with van der Waals surface area (Å²) in [6.45, 7) is 2.25. The zero-order valence-corrected chi connectivity index (χ0v) is 14.8. The largest absolute Gasteiger partial charge is 0.507 e. The number of hydrogen-bond acceptors (Lipinski definition) is 6. The van der Waals surface area contributed by atoms with Crippen LogP contribution < -0.4 is 0 Å². The van der Waals surface area contributed by atoms with E-state index in [1.807, 2.05) is 0 Å². The molecule has 10 heteroatoms. The lowest BCUT2D eigenvalue weighted by Crippen LogP contribution is -2.34. The van der Waals surface area contributed by atoms with Crippen LogP contribution in [0, 0.1) is 6.92 Å². The molecule has 1 saturated heterocycles. The van der Waals surface area contributed by atoms with Crippen molar-refractivity contribution in [3.8, 4) is 17.0 Å². The highest BCUT2D eigenvalue weighted by atomic mass is 19.4. The van der Waals surface area contributed by atoms with E-state index < -0.39 is 23.6 Å². The van der Waals surface area contributed by atoms with Gasteiger partial charge in [-0.15, -0.1) is 0 Å². The minimum absolute atomic E-state index is 0.165. The molecule has 28 heavy (non-hydrogen) atoms. The first kappa shape index (κ1) is 18.6. The number of aromatic hydroxyl groups is 1. The Morgan fingerprint density at radius 3 is 2.75 bits per heavy atom. The van der Waals surface area contributed by atoms with Gasteiger partial charge in [0.15, 0.2) is 5.65 Å². The number of phenolic OH excluding ortho intramolecular Hbond substituents is 1. The molecular formula is C18H17F3N4O3. The summed E-state index contributed by atoms with van der Waals surface area (Å²) in [4.78, 5) is 8.59. The van der Waals surface area contributed by atoms with Crippen LogP contribution in [0.3, 0.4) is 0 Å². The van der Waals surface area contributed by atoms with Gasteiger partial charge in [-0.3, -0.25) is 4.68 Å². The topological polar surface area (TPSA) is 93.3 Å². The molecule has 2 N–H and O–H groups in total. The predicted octanol–water partition coefficient (Wildman–Crippen LogP) is 2.85. The fourth-order valence-corrected chi connectivity index (χ4v) is 3.34. The van der Waals surface area contributed by atoms with E-state index in [4.69, 9.17) is 4.74 Å². The molecule has 0 radical (unpaired) electrons. The molecule has 7 nitrogen and oxygen atoms in total. The molecule has 1 aliphatic heterocycles. The fraction of sp³-hybridized carbons (Fsp3) is 0.389. The number of alkyl halides is 3. The van der Waals surface area contributed by atoms with Crippen LogP contribution in [0.5, 0.6) is 5.75 Å². The van der Waals surface area contributed by atoms with Crippen molar-refractivity contribution in [3.63, 3.8) is 0 Å². The molecule has 0 bridgehead atoms. The molecule has 0 aliphatic carbocycles. The van der Waals surface area contributed by atoms with Gasteiger partial charge in [-0.1, -0.05) is 0 Å². The van der Waals surface area contributed by atoms with E-state index in [9.17, 15) is 23.4 Å². The van der Waals surface area contributed by atoms with Crippen molar-refractivity contribution >= 4 is 11.2 Å². The van der Waals surface area contributed by atoms with Crippen LogP contribution in [0.4, 0.5) is 13.2 Å². The Morgan fingerprint density at radius 2 is 2.07 bits per heavy atom. The summed E-state index contributed by atoms with van der Waals surface area (Å²) in [6.07, 6.45) is -1.67. The maximum Gasteiger partial charge on any atom is 0.416 e. The van der Waals surface area contributed by atoms with Crippen LogP contribution >= 0.6 is 0 Å². The first-order valence-electron chi connectivity index (χ1n) is 8.63.